The SMILES string of the molecule is C/C(=C\c1ccc2ccccc2c1)C(=Nc1ccccc1)Oc1ccccc1. The number of fused-ring (bicyclic) bond motifs is 1. The molecule has 4 rings (SSSR count). The van der Waals surface area contributed by atoms with Crippen LogP contribution in [-0.2, 0) is 0 Å². The van der Waals surface area contributed by atoms with Crippen LogP contribution in [-0.4, -0.2) is 5.90 Å². The molecule has 0 atom stereocenters. The van der Waals surface area contributed by atoms with E-state index >= 15 is 0 Å². The van der Waals surface area contributed by atoms with Crippen LogP contribution in [0.2, 0.25) is 0 Å². The van der Waals surface area contributed by atoms with E-state index in [1.807, 2.05) is 67.6 Å². The zero-order chi connectivity index (χ0) is 19.2. The highest BCUT2D eigenvalue weighted by Gasteiger charge is 2.07. The van der Waals surface area contributed by atoms with Gasteiger partial charge in [0.15, 0.2) is 0 Å². The van der Waals surface area contributed by atoms with E-state index in [4.69, 9.17) is 9.73 Å². The molecule has 0 saturated heterocycles. The molecule has 0 fully saturated rings. The van der Waals surface area contributed by atoms with Crippen LogP contribution in [0.15, 0.2) is 114 Å². The molecule has 2 heteroatoms. The maximum atomic E-state index is 6.12. The summed E-state index contributed by atoms with van der Waals surface area (Å²) >= 11 is 0. The van der Waals surface area contributed by atoms with Gasteiger partial charge < -0.3 is 4.74 Å². The van der Waals surface area contributed by atoms with Gasteiger partial charge >= 0.3 is 0 Å². The minimum absolute atomic E-state index is 0.588. The second-order valence-electron chi connectivity index (χ2n) is 6.60. The highest BCUT2D eigenvalue weighted by molar-refractivity contribution is 6.00. The van der Waals surface area contributed by atoms with Gasteiger partial charge in [-0.05, 0) is 59.7 Å². The van der Waals surface area contributed by atoms with Gasteiger partial charge in [0.2, 0.25) is 5.90 Å². The molecule has 28 heavy (non-hydrogen) atoms. The third kappa shape index (κ3) is 4.36. The van der Waals surface area contributed by atoms with Gasteiger partial charge in [-0.15, -0.1) is 0 Å². The molecule has 0 amide bonds. The van der Waals surface area contributed by atoms with Crippen molar-refractivity contribution in [1.29, 1.82) is 0 Å². The van der Waals surface area contributed by atoms with Crippen LogP contribution in [0.25, 0.3) is 16.8 Å². The van der Waals surface area contributed by atoms with Gasteiger partial charge in [-0.1, -0.05) is 72.8 Å². The number of hydrogen-bond acceptors (Lipinski definition) is 2. The normalized spacial score (nSPS) is 12.2. The lowest BCUT2D eigenvalue weighted by Gasteiger charge is -2.10. The van der Waals surface area contributed by atoms with Crippen LogP contribution in [0.5, 0.6) is 5.75 Å². The van der Waals surface area contributed by atoms with E-state index in [0.717, 1.165) is 22.6 Å². The molecule has 136 valence electrons. The Kier molecular flexibility index (Phi) is 5.30. The fraction of sp³-hybridized carbons (Fsp3) is 0.0385. The predicted molar refractivity (Wildman–Crippen MR) is 118 cm³/mol. The molecule has 0 saturated carbocycles. The maximum absolute atomic E-state index is 6.12. The summed E-state index contributed by atoms with van der Waals surface area (Å²) in [6, 6.07) is 34.4. The highest BCUT2D eigenvalue weighted by atomic mass is 16.5. The molecule has 0 aromatic heterocycles. The van der Waals surface area contributed by atoms with Crippen LogP contribution in [0.1, 0.15) is 12.5 Å². The number of rotatable bonds is 4. The molecule has 0 N–H and O–H groups in total. The first-order valence-electron chi connectivity index (χ1n) is 9.32. The lowest BCUT2D eigenvalue weighted by molar-refractivity contribution is 0.551. The molecule has 0 heterocycles. The molecule has 0 aliphatic rings. The Morgan fingerprint density at radius 3 is 2.11 bits per heavy atom. The second kappa shape index (κ2) is 8.36. The van der Waals surface area contributed by atoms with Crippen LogP contribution < -0.4 is 4.74 Å². The van der Waals surface area contributed by atoms with E-state index < -0.39 is 0 Å². The van der Waals surface area contributed by atoms with E-state index in [-0.39, 0.29) is 0 Å². The minimum atomic E-state index is 0.588. The Hall–Kier alpha value is -3.65. The zero-order valence-corrected chi connectivity index (χ0v) is 15.7. The fourth-order valence-corrected chi connectivity index (χ4v) is 3.02. The van der Waals surface area contributed by atoms with E-state index in [2.05, 4.69) is 48.5 Å². The van der Waals surface area contributed by atoms with Crippen molar-refractivity contribution in [3.8, 4) is 5.75 Å². The van der Waals surface area contributed by atoms with Crippen molar-refractivity contribution in [1.82, 2.24) is 0 Å². The standard InChI is InChI=1S/C26H21NO/c1-20(18-21-16-17-22-10-8-9-11-23(22)19-21)26(27-24-12-4-2-5-13-24)28-25-14-6-3-7-15-25/h2-19H,1H3/b20-18+,27-26?. The summed E-state index contributed by atoms with van der Waals surface area (Å²) in [5, 5.41) is 2.45. The average molecular weight is 363 g/mol. The second-order valence-corrected chi connectivity index (χ2v) is 6.60. The number of ether oxygens (including phenoxy) is 1. The first kappa shape index (κ1) is 17.7. The largest absolute Gasteiger partial charge is 0.439 e. The topological polar surface area (TPSA) is 21.6 Å². The number of hydrogen-bond donors (Lipinski definition) is 0. The molecule has 4 aromatic rings. The molecule has 0 unspecified atom stereocenters. The summed E-state index contributed by atoms with van der Waals surface area (Å²) in [7, 11) is 0. The molecule has 0 radical (unpaired) electrons. The highest BCUT2D eigenvalue weighted by Crippen LogP contribution is 2.21. The molecule has 0 aliphatic carbocycles. The van der Waals surface area contributed by atoms with E-state index in [0.29, 0.717) is 5.90 Å². The zero-order valence-electron chi connectivity index (χ0n) is 15.7. The average Bonchev–Trinajstić information content (AvgIpc) is 2.75. The van der Waals surface area contributed by atoms with E-state index in [9.17, 15) is 0 Å². The van der Waals surface area contributed by atoms with Crippen LogP contribution in [0, 0.1) is 0 Å². The molecular formula is C26H21NO. The Balaban J connectivity index is 1.71. The Bertz CT molecular complexity index is 1130. The minimum Gasteiger partial charge on any atom is -0.439 e. The van der Waals surface area contributed by atoms with Crippen molar-refractivity contribution in [2.75, 3.05) is 0 Å². The van der Waals surface area contributed by atoms with Gasteiger partial charge in [-0.25, -0.2) is 4.99 Å². The van der Waals surface area contributed by atoms with Gasteiger partial charge in [-0.3, -0.25) is 0 Å². The smallest absolute Gasteiger partial charge is 0.222 e. The van der Waals surface area contributed by atoms with Gasteiger partial charge in [0.05, 0.1) is 5.69 Å². The Morgan fingerprint density at radius 2 is 1.36 bits per heavy atom. The molecular weight excluding hydrogens is 342 g/mol. The van der Waals surface area contributed by atoms with Crippen LogP contribution >= 0.6 is 0 Å². The summed E-state index contributed by atoms with van der Waals surface area (Å²) in [5.41, 5.74) is 2.94. The summed E-state index contributed by atoms with van der Waals surface area (Å²) in [5.74, 6) is 1.36. The number of para-hydroxylation sites is 2. The number of benzene rings is 4. The van der Waals surface area contributed by atoms with Gasteiger partial charge in [-0.2, -0.15) is 0 Å². The van der Waals surface area contributed by atoms with Gasteiger partial charge in [0, 0.05) is 5.57 Å². The first-order chi connectivity index (χ1) is 13.8. The van der Waals surface area contributed by atoms with Gasteiger partial charge in [0.25, 0.3) is 0 Å². The summed E-state index contributed by atoms with van der Waals surface area (Å²) in [6.07, 6.45) is 2.11. The van der Waals surface area contributed by atoms with Gasteiger partial charge in [0.1, 0.15) is 5.75 Å². The predicted octanol–water partition coefficient (Wildman–Crippen LogP) is 7.05. The van der Waals surface area contributed by atoms with Crippen molar-refractivity contribution in [3.63, 3.8) is 0 Å². The molecule has 0 spiro atoms. The number of nitrogens with zero attached hydrogens (tertiary/aromatic N) is 1. The molecule has 2 nitrogen and oxygen atoms in total. The van der Waals surface area contributed by atoms with Crippen molar-refractivity contribution in [2.45, 2.75) is 6.92 Å². The lowest BCUT2D eigenvalue weighted by atomic mass is 10.1. The fourth-order valence-electron chi connectivity index (χ4n) is 3.02. The summed E-state index contributed by atoms with van der Waals surface area (Å²) < 4.78 is 6.12. The van der Waals surface area contributed by atoms with Crippen molar-refractivity contribution in [2.24, 2.45) is 4.99 Å². The number of aliphatic imine (C=N–C) groups is 1. The third-order valence-corrected chi connectivity index (χ3v) is 4.44. The monoisotopic (exact) mass is 363 g/mol. The van der Waals surface area contributed by atoms with Crippen molar-refractivity contribution in [3.05, 3.63) is 114 Å². The first-order valence-corrected chi connectivity index (χ1v) is 9.32. The lowest BCUT2D eigenvalue weighted by Crippen LogP contribution is -2.09. The Labute approximate surface area is 165 Å². The van der Waals surface area contributed by atoms with Crippen LogP contribution in [0.4, 0.5) is 5.69 Å². The molecule has 4 aromatic carbocycles. The summed E-state index contributed by atoms with van der Waals surface area (Å²) in [4.78, 5) is 4.74. The maximum Gasteiger partial charge on any atom is 0.222 e. The van der Waals surface area contributed by atoms with Crippen molar-refractivity contribution < 1.29 is 4.74 Å². The van der Waals surface area contributed by atoms with E-state index in [1.54, 1.807) is 0 Å². The Morgan fingerprint density at radius 1 is 0.714 bits per heavy atom. The van der Waals surface area contributed by atoms with Crippen LogP contribution in [0.3, 0.4) is 0 Å². The van der Waals surface area contributed by atoms with Crippen molar-refractivity contribution >= 4 is 28.4 Å². The third-order valence-electron chi connectivity index (χ3n) is 4.44. The quantitative estimate of drug-likeness (QED) is 0.281. The van der Waals surface area contributed by atoms with E-state index in [1.165, 1.54) is 10.8 Å². The summed E-state index contributed by atoms with van der Waals surface area (Å²) in [6.45, 7) is 2.03. The molecule has 0 aliphatic heterocycles. The molecule has 0 bridgehead atoms.